The van der Waals surface area contributed by atoms with E-state index in [0.29, 0.717) is 18.9 Å². The van der Waals surface area contributed by atoms with Gasteiger partial charge in [-0.15, -0.1) is 0 Å². The smallest absolute Gasteiger partial charge is 0.119 e. The van der Waals surface area contributed by atoms with Crippen LogP contribution in [-0.2, 0) is 0 Å². The Morgan fingerprint density at radius 2 is 2.17 bits per heavy atom. The van der Waals surface area contributed by atoms with E-state index in [0.717, 1.165) is 18.8 Å². The SMILES string of the molecule is CCOc1ccc(N2CCCC(CC#N)C2)cc1. The summed E-state index contributed by atoms with van der Waals surface area (Å²) in [6.45, 7) is 4.79. The molecule has 0 radical (unpaired) electrons. The molecule has 0 aliphatic carbocycles. The van der Waals surface area contributed by atoms with E-state index in [4.69, 9.17) is 10.00 Å². The number of nitriles is 1. The molecule has 1 fully saturated rings. The molecule has 18 heavy (non-hydrogen) atoms. The van der Waals surface area contributed by atoms with Gasteiger partial charge in [0.25, 0.3) is 0 Å². The van der Waals surface area contributed by atoms with E-state index < -0.39 is 0 Å². The van der Waals surface area contributed by atoms with Crippen molar-refractivity contribution >= 4 is 5.69 Å². The minimum atomic E-state index is 0.523. The van der Waals surface area contributed by atoms with Crippen LogP contribution in [0.5, 0.6) is 5.75 Å². The minimum absolute atomic E-state index is 0.523. The molecule has 0 N–H and O–H groups in total. The molecule has 1 atom stereocenters. The van der Waals surface area contributed by atoms with Crippen molar-refractivity contribution in [3.63, 3.8) is 0 Å². The zero-order valence-corrected chi connectivity index (χ0v) is 10.9. The van der Waals surface area contributed by atoms with E-state index in [1.54, 1.807) is 0 Å². The molecule has 0 amide bonds. The molecule has 3 heteroatoms. The summed E-state index contributed by atoms with van der Waals surface area (Å²) in [5.41, 5.74) is 1.24. The van der Waals surface area contributed by atoms with Crippen LogP contribution < -0.4 is 9.64 Å². The van der Waals surface area contributed by atoms with Gasteiger partial charge in [-0.2, -0.15) is 5.26 Å². The lowest BCUT2D eigenvalue weighted by Crippen LogP contribution is -2.35. The average Bonchev–Trinajstić information content (AvgIpc) is 2.41. The molecule has 96 valence electrons. The van der Waals surface area contributed by atoms with Gasteiger partial charge in [0.15, 0.2) is 0 Å². The van der Waals surface area contributed by atoms with Crippen molar-refractivity contribution in [2.24, 2.45) is 5.92 Å². The molecule has 1 unspecified atom stereocenters. The van der Waals surface area contributed by atoms with Gasteiger partial charge in [0.1, 0.15) is 5.75 Å². The molecule has 1 aromatic carbocycles. The number of benzene rings is 1. The number of rotatable bonds is 4. The van der Waals surface area contributed by atoms with Crippen LogP contribution in [0.2, 0.25) is 0 Å². The summed E-state index contributed by atoms with van der Waals surface area (Å²) in [6.07, 6.45) is 3.04. The third kappa shape index (κ3) is 3.16. The van der Waals surface area contributed by atoms with Crippen molar-refractivity contribution in [1.82, 2.24) is 0 Å². The third-order valence-electron chi connectivity index (χ3n) is 3.41. The first-order valence-corrected chi connectivity index (χ1v) is 6.68. The lowest BCUT2D eigenvalue weighted by Gasteiger charge is -2.33. The zero-order chi connectivity index (χ0) is 12.8. The normalized spacial score (nSPS) is 19.3. The van der Waals surface area contributed by atoms with Gasteiger partial charge in [-0.25, -0.2) is 0 Å². The molecule has 0 bridgehead atoms. The summed E-state index contributed by atoms with van der Waals surface area (Å²) in [6, 6.07) is 10.6. The fraction of sp³-hybridized carbons (Fsp3) is 0.533. The second kappa shape index (κ2) is 6.30. The van der Waals surface area contributed by atoms with Gasteiger partial charge < -0.3 is 9.64 Å². The maximum atomic E-state index is 8.79. The summed E-state index contributed by atoms with van der Waals surface area (Å²) >= 11 is 0. The van der Waals surface area contributed by atoms with Crippen molar-refractivity contribution in [2.75, 3.05) is 24.6 Å². The number of piperidine rings is 1. The Morgan fingerprint density at radius 1 is 1.39 bits per heavy atom. The molecule has 0 saturated carbocycles. The van der Waals surface area contributed by atoms with Crippen LogP contribution in [0, 0.1) is 17.2 Å². The Hall–Kier alpha value is -1.69. The first-order valence-electron chi connectivity index (χ1n) is 6.68. The fourth-order valence-corrected chi connectivity index (χ4v) is 2.52. The van der Waals surface area contributed by atoms with Crippen LogP contribution in [0.1, 0.15) is 26.2 Å². The van der Waals surface area contributed by atoms with Gasteiger partial charge in [0.05, 0.1) is 12.7 Å². The molecule has 3 nitrogen and oxygen atoms in total. The predicted octanol–water partition coefficient (Wildman–Crippen LogP) is 3.22. The summed E-state index contributed by atoms with van der Waals surface area (Å²) in [5, 5.41) is 8.79. The summed E-state index contributed by atoms with van der Waals surface area (Å²) in [4.78, 5) is 2.38. The van der Waals surface area contributed by atoms with E-state index in [9.17, 15) is 0 Å². The predicted molar refractivity (Wildman–Crippen MR) is 72.8 cm³/mol. The van der Waals surface area contributed by atoms with Crippen LogP contribution in [0.4, 0.5) is 5.69 Å². The maximum absolute atomic E-state index is 8.79. The molecule has 1 aliphatic rings. The summed E-state index contributed by atoms with van der Waals surface area (Å²) < 4.78 is 5.45. The van der Waals surface area contributed by atoms with Gasteiger partial charge in [-0.3, -0.25) is 0 Å². The van der Waals surface area contributed by atoms with Crippen molar-refractivity contribution < 1.29 is 4.74 Å². The Balaban J connectivity index is 2.00. The van der Waals surface area contributed by atoms with E-state index in [1.165, 1.54) is 18.5 Å². The van der Waals surface area contributed by atoms with Crippen LogP contribution in [0.15, 0.2) is 24.3 Å². The van der Waals surface area contributed by atoms with Gasteiger partial charge in [-0.05, 0) is 49.9 Å². The number of nitrogens with zero attached hydrogens (tertiary/aromatic N) is 2. The largest absolute Gasteiger partial charge is 0.494 e. The Morgan fingerprint density at radius 3 is 2.83 bits per heavy atom. The quantitative estimate of drug-likeness (QED) is 0.816. The highest BCUT2D eigenvalue weighted by Crippen LogP contribution is 2.26. The molecule has 1 aromatic rings. The highest BCUT2D eigenvalue weighted by molar-refractivity contribution is 5.49. The van der Waals surface area contributed by atoms with Crippen LogP contribution in [0.25, 0.3) is 0 Å². The van der Waals surface area contributed by atoms with Gasteiger partial charge >= 0.3 is 0 Å². The molecule has 1 heterocycles. The van der Waals surface area contributed by atoms with Gasteiger partial charge in [0, 0.05) is 25.2 Å². The monoisotopic (exact) mass is 244 g/mol. The van der Waals surface area contributed by atoms with E-state index in [1.807, 2.05) is 19.1 Å². The van der Waals surface area contributed by atoms with Crippen molar-refractivity contribution in [2.45, 2.75) is 26.2 Å². The molecule has 2 rings (SSSR count). The fourth-order valence-electron chi connectivity index (χ4n) is 2.52. The summed E-state index contributed by atoms with van der Waals surface area (Å²) in [7, 11) is 0. The lowest BCUT2D eigenvalue weighted by molar-refractivity contribution is 0.340. The van der Waals surface area contributed by atoms with E-state index in [-0.39, 0.29) is 0 Å². The topological polar surface area (TPSA) is 36.3 Å². The Labute approximate surface area is 109 Å². The maximum Gasteiger partial charge on any atom is 0.119 e. The third-order valence-corrected chi connectivity index (χ3v) is 3.41. The van der Waals surface area contributed by atoms with E-state index >= 15 is 0 Å². The van der Waals surface area contributed by atoms with Crippen LogP contribution >= 0.6 is 0 Å². The standard InChI is InChI=1S/C15H20N2O/c1-2-18-15-7-5-14(6-8-15)17-11-3-4-13(12-17)9-10-16/h5-8,13H,2-4,9,11-12H2,1H3. The van der Waals surface area contributed by atoms with Crippen molar-refractivity contribution in [3.8, 4) is 11.8 Å². The molecule has 1 aliphatic heterocycles. The molecular weight excluding hydrogens is 224 g/mol. The Kier molecular flexibility index (Phi) is 4.46. The first-order chi connectivity index (χ1) is 8.83. The number of anilines is 1. The lowest BCUT2D eigenvalue weighted by atomic mass is 9.95. The molecule has 1 saturated heterocycles. The first kappa shape index (κ1) is 12.8. The minimum Gasteiger partial charge on any atom is -0.494 e. The van der Waals surface area contributed by atoms with Gasteiger partial charge in [0.2, 0.25) is 0 Å². The second-order valence-corrected chi connectivity index (χ2v) is 4.74. The number of hydrogen-bond acceptors (Lipinski definition) is 3. The highest BCUT2D eigenvalue weighted by atomic mass is 16.5. The second-order valence-electron chi connectivity index (χ2n) is 4.74. The zero-order valence-electron chi connectivity index (χ0n) is 10.9. The molecule has 0 aromatic heterocycles. The summed E-state index contributed by atoms with van der Waals surface area (Å²) in [5.74, 6) is 1.45. The van der Waals surface area contributed by atoms with Crippen molar-refractivity contribution in [3.05, 3.63) is 24.3 Å². The van der Waals surface area contributed by atoms with Crippen LogP contribution in [0.3, 0.4) is 0 Å². The highest BCUT2D eigenvalue weighted by Gasteiger charge is 2.19. The van der Waals surface area contributed by atoms with E-state index in [2.05, 4.69) is 23.1 Å². The van der Waals surface area contributed by atoms with Gasteiger partial charge in [-0.1, -0.05) is 0 Å². The number of hydrogen-bond donors (Lipinski definition) is 0. The Bertz CT molecular complexity index is 407. The van der Waals surface area contributed by atoms with Crippen LogP contribution in [-0.4, -0.2) is 19.7 Å². The number of ether oxygens (including phenoxy) is 1. The molecular formula is C15H20N2O. The molecule has 0 spiro atoms. The van der Waals surface area contributed by atoms with Crippen molar-refractivity contribution in [1.29, 1.82) is 5.26 Å². The average molecular weight is 244 g/mol.